The van der Waals surface area contributed by atoms with Crippen LogP contribution in [0.1, 0.15) is 26.3 Å². The van der Waals surface area contributed by atoms with Gasteiger partial charge in [0.1, 0.15) is 5.60 Å². The fourth-order valence-corrected chi connectivity index (χ4v) is 1.70. The van der Waals surface area contributed by atoms with Crippen molar-refractivity contribution in [3.63, 3.8) is 0 Å². The summed E-state index contributed by atoms with van der Waals surface area (Å²) < 4.78 is 5.11. The fraction of sp³-hybridized carbons (Fsp3) is 0.333. The van der Waals surface area contributed by atoms with Gasteiger partial charge in [0.25, 0.3) is 0 Å². The average molecular weight is 286 g/mol. The minimum Gasteiger partial charge on any atom is -0.444 e. The fourth-order valence-electron chi connectivity index (χ4n) is 1.70. The molecule has 0 unspecified atom stereocenters. The summed E-state index contributed by atoms with van der Waals surface area (Å²) in [6, 6.07) is 5.58. The van der Waals surface area contributed by atoms with Gasteiger partial charge in [-0.05, 0) is 39.0 Å². The first-order valence-electron chi connectivity index (χ1n) is 6.54. The monoisotopic (exact) mass is 286 g/mol. The van der Waals surface area contributed by atoms with Crippen LogP contribution in [0.15, 0.2) is 18.2 Å². The van der Waals surface area contributed by atoms with Gasteiger partial charge in [-0.15, -0.1) is 0 Å². The molecule has 1 aromatic carbocycles. The molecule has 0 atom stereocenters. The van der Waals surface area contributed by atoms with Gasteiger partial charge in [0, 0.05) is 10.9 Å². The molecule has 0 fully saturated rings. The largest absolute Gasteiger partial charge is 0.444 e. The van der Waals surface area contributed by atoms with Gasteiger partial charge in [-0.3, -0.25) is 5.10 Å². The van der Waals surface area contributed by atoms with E-state index in [-0.39, 0.29) is 6.54 Å². The number of amides is 1. The molecule has 2 aromatic rings. The van der Waals surface area contributed by atoms with E-state index in [1.54, 1.807) is 0 Å². The lowest BCUT2D eigenvalue weighted by Gasteiger charge is -2.18. The van der Waals surface area contributed by atoms with Gasteiger partial charge in [-0.1, -0.05) is 11.8 Å². The Bertz CT molecular complexity index is 717. The first-order valence-corrected chi connectivity index (χ1v) is 6.54. The number of nitrogens with zero attached hydrogens (tertiary/aromatic N) is 1. The maximum Gasteiger partial charge on any atom is 0.408 e. The van der Waals surface area contributed by atoms with Crippen molar-refractivity contribution in [3.05, 3.63) is 23.8 Å². The number of fused-ring (bicyclic) bond motifs is 1. The molecule has 4 N–H and O–H groups in total. The maximum absolute atomic E-state index is 11.4. The molecule has 1 heterocycles. The van der Waals surface area contributed by atoms with Crippen LogP contribution in [-0.4, -0.2) is 28.4 Å². The van der Waals surface area contributed by atoms with Crippen LogP contribution < -0.4 is 11.1 Å². The summed E-state index contributed by atoms with van der Waals surface area (Å²) in [5.74, 6) is 6.29. The molecule has 0 aliphatic rings. The number of alkyl carbamates (subject to hydrolysis) is 1. The van der Waals surface area contributed by atoms with E-state index in [2.05, 4.69) is 27.4 Å². The lowest BCUT2D eigenvalue weighted by molar-refractivity contribution is 0.0535. The van der Waals surface area contributed by atoms with Gasteiger partial charge in [0.05, 0.1) is 12.1 Å². The Hall–Kier alpha value is -2.68. The van der Waals surface area contributed by atoms with Crippen LogP contribution in [0.3, 0.4) is 0 Å². The number of aromatic amines is 1. The number of ether oxygens (including phenoxy) is 1. The number of aromatic nitrogens is 2. The van der Waals surface area contributed by atoms with Crippen molar-refractivity contribution in [2.24, 2.45) is 0 Å². The number of rotatable bonds is 1. The average Bonchev–Trinajstić information content (AvgIpc) is 2.74. The van der Waals surface area contributed by atoms with E-state index < -0.39 is 11.7 Å². The number of H-pyrrole nitrogens is 1. The zero-order valence-corrected chi connectivity index (χ0v) is 12.3. The van der Waals surface area contributed by atoms with E-state index in [4.69, 9.17) is 10.5 Å². The van der Waals surface area contributed by atoms with Crippen LogP contribution in [-0.2, 0) is 4.74 Å². The maximum atomic E-state index is 11.4. The highest BCUT2D eigenvalue weighted by molar-refractivity contribution is 5.89. The molecule has 0 aliphatic heterocycles. The SMILES string of the molecule is CC(C)(C)OC(=O)NCC#Cc1ccc2c(N)n[nH]c2c1. The van der Waals surface area contributed by atoms with Crippen molar-refractivity contribution in [2.45, 2.75) is 26.4 Å². The van der Waals surface area contributed by atoms with E-state index in [0.29, 0.717) is 5.82 Å². The predicted molar refractivity (Wildman–Crippen MR) is 81.6 cm³/mol. The quantitative estimate of drug-likeness (QED) is 0.699. The molecule has 1 amide bonds. The van der Waals surface area contributed by atoms with Crippen molar-refractivity contribution in [1.82, 2.24) is 15.5 Å². The third kappa shape index (κ3) is 4.14. The van der Waals surface area contributed by atoms with Gasteiger partial charge in [-0.25, -0.2) is 4.79 Å². The van der Waals surface area contributed by atoms with E-state index in [1.807, 2.05) is 39.0 Å². The van der Waals surface area contributed by atoms with E-state index in [0.717, 1.165) is 16.5 Å². The Balaban J connectivity index is 1.94. The zero-order chi connectivity index (χ0) is 15.5. The van der Waals surface area contributed by atoms with Crippen LogP contribution in [0, 0.1) is 11.8 Å². The summed E-state index contributed by atoms with van der Waals surface area (Å²) in [4.78, 5) is 11.4. The molecule has 21 heavy (non-hydrogen) atoms. The molecule has 0 saturated heterocycles. The lowest BCUT2D eigenvalue weighted by Crippen LogP contribution is -2.32. The van der Waals surface area contributed by atoms with Crippen molar-refractivity contribution >= 4 is 22.8 Å². The molecule has 6 heteroatoms. The van der Waals surface area contributed by atoms with Crippen LogP contribution in [0.2, 0.25) is 0 Å². The molecule has 0 radical (unpaired) electrons. The Morgan fingerprint density at radius 3 is 2.95 bits per heavy atom. The number of carbonyl (C=O) groups is 1. The molecular weight excluding hydrogens is 268 g/mol. The van der Waals surface area contributed by atoms with Crippen LogP contribution >= 0.6 is 0 Å². The molecule has 2 rings (SSSR count). The first kappa shape index (κ1) is 14.7. The van der Waals surface area contributed by atoms with Gasteiger partial charge < -0.3 is 15.8 Å². The van der Waals surface area contributed by atoms with Gasteiger partial charge in [0.15, 0.2) is 5.82 Å². The van der Waals surface area contributed by atoms with Crippen molar-refractivity contribution in [2.75, 3.05) is 12.3 Å². The van der Waals surface area contributed by atoms with E-state index >= 15 is 0 Å². The minimum absolute atomic E-state index is 0.220. The summed E-state index contributed by atoms with van der Waals surface area (Å²) in [7, 11) is 0. The Morgan fingerprint density at radius 1 is 1.48 bits per heavy atom. The number of anilines is 1. The number of hydrogen-bond acceptors (Lipinski definition) is 4. The predicted octanol–water partition coefficient (Wildman–Crippen LogP) is 2.02. The smallest absolute Gasteiger partial charge is 0.408 e. The number of nitrogen functional groups attached to an aromatic ring is 1. The van der Waals surface area contributed by atoms with Crippen molar-refractivity contribution in [3.8, 4) is 11.8 Å². The molecule has 0 saturated carbocycles. The third-order valence-electron chi connectivity index (χ3n) is 2.55. The minimum atomic E-state index is -0.511. The molecule has 0 bridgehead atoms. The Morgan fingerprint density at radius 2 is 2.24 bits per heavy atom. The van der Waals surface area contributed by atoms with Gasteiger partial charge in [0.2, 0.25) is 0 Å². The van der Waals surface area contributed by atoms with Crippen LogP contribution in [0.4, 0.5) is 10.6 Å². The number of carbonyl (C=O) groups excluding carboxylic acids is 1. The second kappa shape index (κ2) is 5.75. The van der Waals surface area contributed by atoms with Crippen molar-refractivity contribution < 1.29 is 9.53 Å². The van der Waals surface area contributed by atoms with Gasteiger partial charge >= 0.3 is 6.09 Å². The molecule has 0 aliphatic carbocycles. The summed E-state index contributed by atoms with van der Waals surface area (Å²) >= 11 is 0. The number of benzene rings is 1. The molecule has 110 valence electrons. The highest BCUT2D eigenvalue weighted by atomic mass is 16.6. The van der Waals surface area contributed by atoms with Crippen LogP contribution in [0.5, 0.6) is 0 Å². The summed E-state index contributed by atoms with van der Waals surface area (Å²) in [6.45, 7) is 5.65. The second-order valence-corrected chi connectivity index (χ2v) is 5.53. The molecule has 6 nitrogen and oxygen atoms in total. The highest BCUT2D eigenvalue weighted by Crippen LogP contribution is 2.18. The summed E-state index contributed by atoms with van der Waals surface area (Å²) in [5.41, 5.74) is 6.83. The van der Waals surface area contributed by atoms with E-state index in [1.165, 1.54) is 0 Å². The number of hydrogen-bond donors (Lipinski definition) is 3. The normalized spacial score (nSPS) is 10.8. The zero-order valence-electron chi connectivity index (χ0n) is 12.3. The molecular formula is C15H18N4O2. The number of nitrogens with two attached hydrogens (primary N) is 1. The Labute approximate surface area is 123 Å². The standard InChI is InChI=1S/C15H18N4O2/c1-15(2,3)21-14(20)17-8-4-5-10-6-7-11-12(9-10)18-19-13(11)16/h6-7,9H,8H2,1-3H3,(H,17,20)(H3,16,18,19). The van der Waals surface area contributed by atoms with Crippen LogP contribution in [0.25, 0.3) is 10.9 Å². The topological polar surface area (TPSA) is 93.0 Å². The lowest BCUT2D eigenvalue weighted by atomic mass is 10.1. The van der Waals surface area contributed by atoms with E-state index in [9.17, 15) is 4.79 Å². The first-order chi connectivity index (χ1) is 9.85. The highest BCUT2D eigenvalue weighted by Gasteiger charge is 2.14. The van der Waals surface area contributed by atoms with Gasteiger partial charge in [-0.2, -0.15) is 5.10 Å². The summed E-state index contributed by atoms with van der Waals surface area (Å²) in [6.07, 6.45) is -0.478. The number of nitrogens with one attached hydrogen (secondary N) is 2. The Kier molecular flexibility index (Phi) is 4.03. The molecule has 0 spiro atoms. The second-order valence-electron chi connectivity index (χ2n) is 5.53. The summed E-state index contributed by atoms with van der Waals surface area (Å²) in [5, 5.41) is 10.2. The molecule has 1 aromatic heterocycles. The van der Waals surface area contributed by atoms with Crippen molar-refractivity contribution in [1.29, 1.82) is 0 Å². The third-order valence-corrected chi connectivity index (χ3v) is 2.55.